The summed E-state index contributed by atoms with van der Waals surface area (Å²) in [5.41, 5.74) is 3.01. The van der Waals surface area contributed by atoms with Gasteiger partial charge in [0, 0.05) is 30.7 Å². The Labute approximate surface area is 135 Å². The molecule has 21 heavy (non-hydrogen) atoms. The van der Waals surface area contributed by atoms with Crippen LogP contribution in [0, 0.1) is 5.41 Å². The quantitative estimate of drug-likeness (QED) is 0.880. The van der Waals surface area contributed by atoms with Gasteiger partial charge in [-0.05, 0) is 54.5 Å². The molecule has 0 aliphatic carbocycles. The molecule has 1 fully saturated rings. The Hall–Kier alpha value is -0.580. The van der Waals surface area contributed by atoms with Crippen LogP contribution < -0.4 is 10.1 Å². The predicted octanol–water partition coefficient (Wildman–Crippen LogP) is 3.33. The van der Waals surface area contributed by atoms with Crippen LogP contribution in [-0.2, 0) is 17.6 Å². The molecule has 2 aliphatic rings. The Morgan fingerprint density at radius 1 is 1.24 bits per heavy atom. The summed E-state index contributed by atoms with van der Waals surface area (Å²) in [6, 6.07) is 4.44. The third kappa shape index (κ3) is 3.43. The topological polar surface area (TPSA) is 30.5 Å². The number of ether oxygens (including phenoxy) is 2. The molecule has 0 amide bonds. The van der Waals surface area contributed by atoms with Gasteiger partial charge < -0.3 is 14.8 Å². The highest BCUT2D eigenvalue weighted by atomic mass is 79.9. The summed E-state index contributed by atoms with van der Waals surface area (Å²) in [5.74, 6) is 1.14. The molecule has 0 atom stereocenters. The van der Waals surface area contributed by atoms with Crippen molar-refractivity contribution in [2.45, 2.75) is 32.6 Å². The molecule has 0 radical (unpaired) electrons. The van der Waals surface area contributed by atoms with Gasteiger partial charge in [0.2, 0.25) is 0 Å². The minimum atomic E-state index is 0.300. The van der Waals surface area contributed by atoms with Crippen molar-refractivity contribution in [3.8, 4) is 5.75 Å². The van der Waals surface area contributed by atoms with E-state index < -0.39 is 0 Å². The number of benzene rings is 1. The number of hydrogen-bond acceptors (Lipinski definition) is 3. The maximum atomic E-state index is 5.90. The fourth-order valence-electron chi connectivity index (χ4n) is 3.49. The van der Waals surface area contributed by atoms with E-state index in [4.69, 9.17) is 9.47 Å². The lowest BCUT2D eigenvalue weighted by Crippen LogP contribution is -2.40. The lowest BCUT2D eigenvalue weighted by Gasteiger charge is -2.38. The fourth-order valence-corrected chi connectivity index (χ4v) is 4.04. The normalized spacial score (nSPS) is 20.1. The highest BCUT2D eigenvalue weighted by Gasteiger charge is 2.34. The lowest BCUT2D eigenvalue weighted by atomic mass is 9.74. The van der Waals surface area contributed by atoms with E-state index >= 15 is 0 Å². The number of rotatable bonds is 5. The first kappa shape index (κ1) is 15.3. The summed E-state index contributed by atoms with van der Waals surface area (Å²) in [4.78, 5) is 0. The zero-order valence-corrected chi connectivity index (χ0v) is 14.3. The lowest BCUT2D eigenvalue weighted by molar-refractivity contribution is 0.0149. The summed E-state index contributed by atoms with van der Waals surface area (Å²) in [6.45, 7) is 6.84. The van der Waals surface area contributed by atoms with E-state index in [2.05, 4.69) is 40.3 Å². The van der Waals surface area contributed by atoms with Gasteiger partial charge in [-0.1, -0.05) is 22.9 Å². The average molecular weight is 354 g/mol. The molecule has 3 nitrogen and oxygen atoms in total. The number of nitrogens with one attached hydrogen (secondary N) is 1. The smallest absolute Gasteiger partial charge is 0.125 e. The molecular weight excluding hydrogens is 330 g/mol. The maximum Gasteiger partial charge on any atom is 0.125 e. The molecule has 1 aromatic rings. The van der Waals surface area contributed by atoms with Crippen molar-refractivity contribution in [2.24, 2.45) is 5.41 Å². The van der Waals surface area contributed by atoms with Gasteiger partial charge in [0.15, 0.2) is 0 Å². The van der Waals surface area contributed by atoms with Crippen molar-refractivity contribution in [2.75, 3.05) is 32.9 Å². The van der Waals surface area contributed by atoms with E-state index in [9.17, 15) is 0 Å². The Bertz CT molecular complexity index is 498. The number of hydrogen-bond donors (Lipinski definition) is 1. The Kier molecular flexibility index (Phi) is 4.87. The van der Waals surface area contributed by atoms with E-state index in [-0.39, 0.29) is 0 Å². The molecule has 4 heteroatoms. The van der Waals surface area contributed by atoms with Crippen LogP contribution in [0.1, 0.15) is 30.9 Å². The van der Waals surface area contributed by atoms with E-state index in [0.29, 0.717) is 5.41 Å². The van der Waals surface area contributed by atoms with Crippen LogP contribution in [0.15, 0.2) is 16.6 Å². The van der Waals surface area contributed by atoms with Gasteiger partial charge >= 0.3 is 0 Å². The molecule has 2 heterocycles. The molecule has 3 rings (SSSR count). The van der Waals surface area contributed by atoms with Crippen LogP contribution >= 0.6 is 15.9 Å². The molecule has 0 spiro atoms. The minimum absolute atomic E-state index is 0.300. The third-order valence-corrected chi connectivity index (χ3v) is 5.15. The van der Waals surface area contributed by atoms with Gasteiger partial charge in [0.1, 0.15) is 5.75 Å². The molecular formula is C17H24BrNO2. The van der Waals surface area contributed by atoms with Crippen LogP contribution in [-0.4, -0.2) is 32.9 Å². The van der Waals surface area contributed by atoms with E-state index in [0.717, 1.165) is 64.3 Å². The van der Waals surface area contributed by atoms with Crippen LogP contribution in [0.2, 0.25) is 0 Å². The SMILES string of the molecule is CCNCC1(Cc2cc(Br)cc3c2OCC3)CCOCC1. The van der Waals surface area contributed by atoms with Crippen LogP contribution in [0.4, 0.5) is 0 Å². The zero-order chi connectivity index (χ0) is 14.7. The van der Waals surface area contributed by atoms with Crippen LogP contribution in [0.5, 0.6) is 5.75 Å². The third-order valence-electron chi connectivity index (χ3n) is 4.69. The molecule has 0 bridgehead atoms. The van der Waals surface area contributed by atoms with Crippen LogP contribution in [0.25, 0.3) is 0 Å². The monoisotopic (exact) mass is 353 g/mol. The average Bonchev–Trinajstić information content (AvgIpc) is 2.94. The van der Waals surface area contributed by atoms with Gasteiger partial charge in [-0.2, -0.15) is 0 Å². The summed E-state index contributed by atoms with van der Waals surface area (Å²) < 4.78 is 12.7. The van der Waals surface area contributed by atoms with Crippen molar-refractivity contribution >= 4 is 15.9 Å². The summed E-state index contributed by atoms with van der Waals surface area (Å²) in [7, 11) is 0. The highest BCUT2D eigenvalue weighted by molar-refractivity contribution is 9.10. The standard InChI is InChI=1S/C17H24BrNO2/c1-2-19-12-17(4-7-20-8-5-17)11-14-10-15(18)9-13-3-6-21-16(13)14/h9-10,19H,2-8,11-12H2,1H3. The van der Waals surface area contributed by atoms with Gasteiger partial charge in [-0.3, -0.25) is 0 Å². The van der Waals surface area contributed by atoms with Gasteiger partial charge in [-0.25, -0.2) is 0 Å². The fraction of sp³-hybridized carbons (Fsp3) is 0.647. The second-order valence-electron chi connectivity index (χ2n) is 6.22. The largest absolute Gasteiger partial charge is 0.493 e. The molecule has 0 saturated carbocycles. The Morgan fingerprint density at radius 3 is 2.81 bits per heavy atom. The molecule has 116 valence electrons. The number of fused-ring (bicyclic) bond motifs is 1. The first-order chi connectivity index (χ1) is 10.2. The predicted molar refractivity (Wildman–Crippen MR) is 88.1 cm³/mol. The maximum absolute atomic E-state index is 5.90. The summed E-state index contributed by atoms with van der Waals surface area (Å²) >= 11 is 3.65. The highest BCUT2D eigenvalue weighted by Crippen LogP contribution is 2.40. The first-order valence-corrected chi connectivity index (χ1v) is 8.74. The van der Waals surface area contributed by atoms with Crippen molar-refractivity contribution in [3.05, 3.63) is 27.7 Å². The van der Waals surface area contributed by atoms with E-state index in [1.54, 1.807) is 0 Å². The summed E-state index contributed by atoms with van der Waals surface area (Å²) in [6.07, 6.45) is 4.36. The second kappa shape index (κ2) is 6.67. The van der Waals surface area contributed by atoms with Gasteiger partial charge in [0.05, 0.1) is 6.61 Å². The Balaban J connectivity index is 1.85. The molecule has 0 unspecified atom stereocenters. The Morgan fingerprint density at radius 2 is 2.05 bits per heavy atom. The molecule has 2 aliphatic heterocycles. The van der Waals surface area contributed by atoms with Crippen LogP contribution in [0.3, 0.4) is 0 Å². The first-order valence-electron chi connectivity index (χ1n) is 7.95. The van der Waals surface area contributed by atoms with Gasteiger partial charge in [0.25, 0.3) is 0 Å². The van der Waals surface area contributed by atoms with Gasteiger partial charge in [-0.15, -0.1) is 0 Å². The summed E-state index contributed by atoms with van der Waals surface area (Å²) in [5, 5.41) is 3.55. The molecule has 0 aromatic heterocycles. The van der Waals surface area contributed by atoms with Crippen molar-refractivity contribution in [1.29, 1.82) is 0 Å². The van der Waals surface area contributed by atoms with Crippen molar-refractivity contribution < 1.29 is 9.47 Å². The van der Waals surface area contributed by atoms with Crippen molar-refractivity contribution in [3.63, 3.8) is 0 Å². The molecule has 1 aromatic carbocycles. The minimum Gasteiger partial charge on any atom is -0.493 e. The molecule has 1 N–H and O–H groups in total. The second-order valence-corrected chi connectivity index (χ2v) is 7.14. The molecule has 1 saturated heterocycles. The van der Waals surface area contributed by atoms with E-state index in [1.165, 1.54) is 15.6 Å². The van der Waals surface area contributed by atoms with Crippen molar-refractivity contribution in [1.82, 2.24) is 5.32 Å². The number of halogens is 1. The zero-order valence-electron chi connectivity index (χ0n) is 12.7. The van der Waals surface area contributed by atoms with E-state index in [1.807, 2.05) is 0 Å².